The first-order valence-electron chi connectivity index (χ1n) is 14.6. The average Bonchev–Trinajstić information content (AvgIpc) is 3.03. The van der Waals surface area contributed by atoms with Gasteiger partial charge in [0, 0.05) is 44.2 Å². The van der Waals surface area contributed by atoms with E-state index in [0.717, 1.165) is 12.8 Å². The molecule has 4 N–H and O–H groups in total. The summed E-state index contributed by atoms with van der Waals surface area (Å²) < 4.78 is 71.5. The van der Waals surface area contributed by atoms with Crippen LogP contribution < -0.4 is 16.0 Å². The summed E-state index contributed by atoms with van der Waals surface area (Å²) in [6.45, 7) is 3.94. The van der Waals surface area contributed by atoms with Gasteiger partial charge in [0.1, 0.15) is 11.5 Å². The number of hydrogen-bond donors (Lipinski definition) is 4. The van der Waals surface area contributed by atoms with Gasteiger partial charge in [-0.15, -0.1) is 0 Å². The molecule has 1 saturated heterocycles. The third kappa shape index (κ3) is 10.3. The van der Waals surface area contributed by atoms with Crippen molar-refractivity contribution in [3.63, 3.8) is 0 Å². The van der Waals surface area contributed by atoms with Gasteiger partial charge in [0.15, 0.2) is 17.7 Å². The number of amides is 2. The number of halogens is 3. The maximum atomic E-state index is 13.7. The van der Waals surface area contributed by atoms with Gasteiger partial charge in [-0.2, -0.15) is 21.6 Å². The van der Waals surface area contributed by atoms with Crippen LogP contribution in [0.15, 0.2) is 36.4 Å². The number of ketones is 1. The van der Waals surface area contributed by atoms with Gasteiger partial charge in [0.25, 0.3) is 5.91 Å². The number of nitrogens with one attached hydrogen (secondary N) is 3. The Morgan fingerprint density at radius 2 is 1.85 bits per heavy atom. The van der Waals surface area contributed by atoms with Gasteiger partial charge in [0.05, 0.1) is 18.7 Å². The van der Waals surface area contributed by atoms with E-state index in [4.69, 9.17) is 4.74 Å². The van der Waals surface area contributed by atoms with Crippen LogP contribution in [0.5, 0.6) is 0 Å². The first-order chi connectivity index (χ1) is 22.2. The summed E-state index contributed by atoms with van der Waals surface area (Å²) in [6, 6.07) is 6.60. The van der Waals surface area contributed by atoms with Gasteiger partial charge in [-0.3, -0.25) is 9.59 Å². The molecule has 2 amide bonds. The molecule has 0 aliphatic carbocycles. The predicted octanol–water partition coefficient (Wildman–Crippen LogP) is 2.16. The molecule has 258 valence electrons. The Morgan fingerprint density at radius 3 is 2.47 bits per heavy atom. The number of benzene rings is 1. The van der Waals surface area contributed by atoms with Gasteiger partial charge in [-0.1, -0.05) is 43.7 Å². The molecule has 2 aromatic rings. The molecule has 47 heavy (non-hydrogen) atoms. The van der Waals surface area contributed by atoms with Crippen LogP contribution >= 0.6 is 0 Å². The van der Waals surface area contributed by atoms with Crippen molar-refractivity contribution in [2.45, 2.75) is 56.8 Å². The number of hydrogen-bond acceptors (Lipinski definition) is 12. The van der Waals surface area contributed by atoms with E-state index in [9.17, 15) is 45.9 Å². The Morgan fingerprint density at radius 1 is 1.15 bits per heavy atom. The lowest BCUT2D eigenvalue weighted by Gasteiger charge is -2.34. The second-order valence-electron chi connectivity index (χ2n) is 10.2. The van der Waals surface area contributed by atoms with Crippen molar-refractivity contribution in [2.24, 2.45) is 0 Å². The van der Waals surface area contributed by atoms with E-state index in [0.29, 0.717) is 12.1 Å². The minimum absolute atomic E-state index is 0.0323. The molecular weight excluding hydrogens is 653 g/mol. The second kappa shape index (κ2) is 16.5. The lowest BCUT2D eigenvalue weighted by molar-refractivity contribution is -0.146. The largest absolute Gasteiger partial charge is 0.523 e. The fraction of sp³-hybridized carbons (Fsp3) is 0.500. The quantitative estimate of drug-likeness (QED) is 0.120. The molecule has 0 bridgehead atoms. The van der Waals surface area contributed by atoms with Crippen LogP contribution in [-0.4, -0.2) is 109 Å². The molecule has 1 aromatic carbocycles. The fourth-order valence-corrected chi connectivity index (χ4v) is 4.98. The molecule has 2 heterocycles. The Kier molecular flexibility index (Phi) is 13.0. The first kappa shape index (κ1) is 37.1. The normalized spacial score (nSPS) is 16.5. The molecule has 1 aromatic heterocycles. The van der Waals surface area contributed by atoms with E-state index in [-0.39, 0.29) is 43.6 Å². The summed E-state index contributed by atoms with van der Waals surface area (Å²) in [5.74, 6) is -3.82. The lowest BCUT2D eigenvalue weighted by Crippen LogP contribution is -2.60. The van der Waals surface area contributed by atoms with Crippen molar-refractivity contribution in [1.29, 1.82) is 0 Å². The number of unbranched alkanes of at least 4 members (excludes halogenated alkanes) is 1. The summed E-state index contributed by atoms with van der Waals surface area (Å²) in [5.41, 5.74) is -5.74. The summed E-state index contributed by atoms with van der Waals surface area (Å²) in [5, 5.41) is 17.7. The highest BCUT2D eigenvalue weighted by molar-refractivity contribution is 7.87. The fourth-order valence-electron chi connectivity index (χ4n) is 4.41. The summed E-state index contributed by atoms with van der Waals surface area (Å²) in [4.78, 5) is 61.3. The van der Waals surface area contributed by atoms with Crippen molar-refractivity contribution in [3.05, 3.63) is 42.1 Å². The number of nitrogens with zero attached hydrogens (tertiary/aromatic N) is 3. The van der Waals surface area contributed by atoms with E-state index < -0.39 is 64.0 Å². The molecule has 15 nitrogen and oxygen atoms in total. The Balaban J connectivity index is 1.99. The van der Waals surface area contributed by atoms with Crippen molar-refractivity contribution in [1.82, 2.24) is 25.5 Å². The van der Waals surface area contributed by atoms with E-state index in [1.807, 2.05) is 6.92 Å². The third-order valence-corrected chi connectivity index (χ3v) is 7.82. The van der Waals surface area contributed by atoms with Crippen molar-refractivity contribution >= 4 is 39.7 Å². The van der Waals surface area contributed by atoms with Crippen molar-refractivity contribution < 1.29 is 54.8 Å². The Labute approximate surface area is 268 Å². The van der Waals surface area contributed by atoms with E-state index in [1.54, 1.807) is 37.3 Å². The zero-order valence-corrected chi connectivity index (χ0v) is 26.3. The molecule has 3 unspecified atom stereocenters. The number of carboxylic acid groups (broad SMARTS) is 1. The van der Waals surface area contributed by atoms with Crippen LogP contribution in [0.25, 0.3) is 11.4 Å². The number of Topliss-reactive ketones (excluding diaryl/α,β-unsaturated/α-hetero) is 1. The molecular formula is C28H35F3N6O9S. The van der Waals surface area contributed by atoms with Crippen molar-refractivity contribution in [3.8, 4) is 11.4 Å². The van der Waals surface area contributed by atoms with Crippen LogP contribution in [-0.2, 0) is 28.6 Å². The van der Waals surface area contributed by atoms with Crippen LogP contribution in [0.2, 0.25) is 0 Å². The maximum absolute atomic E-state index is 13.7. The molecule has 1 aliphatic heterocycles. The van der Waals surface area contributed by atoms with Gasteiger partial charge in [-0.05, 0) is 13.3 Å². The molecule has 0 spiro atoms. The van der Waals surface area contributed by atoms with E-state index in [1.165, 1.54) is 11.0 Å². The molecule has 0 saturated carbocycles. The van der Waals surface area contributed by atoms with Gasteiger partial charge < -0.3 is 30.7 Å². The predicted molar refractivity (Wildman–Crippen MR) is 160 cm³/mol. The first-order valence-corrected chi connectivity index (χ1v) is 16.0. The minimum Gasteiger partial charge on any atom is -0.479 e. The van der Waals surface area contributed by atoms with Crippen LogP contribution in [0.1, 0.15) is 43.6 Å². The number of rotatable bonds is 15. The zero-order chi connectivity index (χ0) is 34.8. The molecule has 3 atom stereocenters. The number of carbonyl (C=O) groups is 4. The Bertz CT molecular complexity index is 1530. The van der Waals surface area contributed by atoms with E-state index >= 15 is 0 Å². The van der Waals surface area contributed by atoms with Crippen LogP contribution in [0, 0.1) is 0 Å². The highest BCUT2D eigenvalue weighted by atomic mass is 32.2. The average molecular weight is 689 g/mol. The summed E-state index contributed by atoms with van der Waals surface area (Å²) >= 11 is 0. The minimum atomic E-state index is -6.42. The SMILES string of the molecule is CCCCNc1cc(C(=O)NC(CC(OS(=O)(=O)C(F)(F)F)C(=O)O)C(=O)C2CN(C(=O)OCC)CCN2)nc(-c2ccccc2)n1. The molecule has 1 fully saturated rings. The van der Waals surface area contributed by atoms with E-state index in [2.05, 4.69) is 30.1 Å². The van der Waals surface area contributed by atoms with Crippen LogP contribution in [0.3, 0.4) is 0 Å². The zero-order valence-electron chi connectivity index (χ0n) is 25.4. The number of aromatic nitrogens is 2. The topological polar surface area (TPSA) is 206 Å². The number of anilines is 1. The molecule has 3 rings (SSSR count). The summed E-state index contributed by atoms with van der Waals surface area (Å²) in [6.07, 6.45) is -3.12. The van der Waals surface area contributed by atoms with Gasteiger partial charge >= 0.3 is 27.7 Å². The number of ether oxygens (including phenoxy) is 1. The highest BCUT2D eigenvalue weighted by Gasteiger charge is 2.50. The summed E-state index contributed by atoms with van der Waals surface area (Å²) in [7, 11) is -6.42. The smallest absolute Gasteiger partial charge is 0.479 e. The highest BCUT2D eigenvalue weighted by Crippen LogP contribution is 2.27. The number of alkyl halides is 3. The Hall–Kier alpha value is -4.36. The monoisotopic (exact) mass is 688 g/mol. The van der Waals surface area contributed by atoms with Gasteiger partial charge in [0.2, 0.25) is 0 Å². The molecule has 0 radical (unpaired) electrons. The number of piperazine rings is 1. The second-order valence-corrected chi connectivity index (χ2v) is 11.8. The molecule has 1 aliphatic rings. The van der Waals surface area contributed by atoms with Gasteiger partial charge in [-0.25, -0.2) is 23.7 Å². The number of carboxylic acids is 1. The van der Waals surface area contributed by atoms with Crippen molar-refractivity contribution in [2.75, 3.05) is 38.1 Å². The lowest BCUT2D eigenvalue weighted by atomic mass is 9.97. The standard InChI is InChI=1S/C28H35F3N6O9S/c1-3-5-11-33-22-15-19(34-24(36-22)17-9-7-6-8-10-17)25(39)35-18(14-21(26(40)41)46-47(43,44)28(29,30)31)23(38)20-16-37(13-12-32-20)27(42)45-4-2/h6-10,15,18,20-21,32H,3-5,11-14,16H2,1-2H3,(H,35,39)(H,40,41)(H,33,34,36). The number of carbonyl (C=O) groups excluding carboxylic acids is 3. The third-order valence-electron chi connectivity index (χ3n) is 6.77. The maximum Gasteiger partial charge on any atom is 0.523 e. The number of aliphatic carboxylic acids is 1. The molecule has 19 heteroatoms. The van der Waals surface area contributed by atoms with Crippen LogP contribution in [0.4, 0.5) is 23.8 Å².